The number of carbonyl (C=O) groups is 4. The molecule has 0 saturated carbocycles. The van der Waals surface area contributed by atoms with Crippen LogP contribution in [-0.2, 0) is 20.9 Å². The molecule has 2 saturated heterocycles. The van der Waals surface area contributed by atoms with E-state index in [1.807, 2.05) is 33.8 Å². The molecule has 3 aliphatic rings. The molecule has 11 nitrogen and oxygen atoms in total. The molecule has 1 aromatic heterocycles. The zero-order valence-corrected chi connectivity index (χ0v) is 20.2. The van der Waals surface area contributed by atoms with Crippen molar-refractivity contribution in [3.63, 3.8) is 0 Å². The largest absolute Gasteiger partial charge is 0.371 e. The third-order valence-corrected chi connectivity index (χ3v) is 7.66. The van der Waals surface area contributed by atoms with E-state index in [1.54, 1.807) is 23.2 Å². The van der Waals surface area contributed by atoms with E-state index in [-0.39, 0.29) is 36.4 Å². The van der Waals surface area contributed by atoms with Crippen molar-refractivity contribution in [2.75, 3.05) is 13.2 Å². The molecule has 0 bridgehead atoms. The van der Waals surface area contributed by atoms with E-state index in [4.69, 9.17) is 4.74 Å². The summed E-state index contributed by atoms with van der Waals surface area (Å²) in [4.78, 5) is 53.2. The normalized spacial score (nSPS) is 23.3. The van der Waals surface area contributed by atoms with Crippen LogP contribution in [0.5, 0.6) is 0 Å². The van der Waals surface area contributed by atoms with Crippen molar-refractivity contribution in [1.82, 2.24) is 30.1 Å². The van der Waals surface area contributed by atoms with E-state index >= 15 is 0 Å². The smallest absolute Gasteiger partial charge is 0.276 e. The van der Waals surface area contributed by atoms with E-state index in [2.05, 4.69) is 15.6 Å². The van der Waals surface area contributed by atoms with Crippen molar-refractivity contribution < 1.29 is 23.9 Å². The van der Waals surface area contributed by atoms with E-state index in [0.29, 0.717) is 30.8 Å². The molecule has 1 N–H and O–H groups in total. The number of hydrogen-bond acceptors (Lipinski definition) is 7. The maximum Gasteiger partial charge on any atom is 0.276 e. The number of amides is 4. The van der Waals surface area contributed by atoms with Gasteiger partial charge in [-0.15, -0.1) is 5.10 Å². The fraction of sp³-hybridized carbons (Fsp3) is 0.500. The van der Waals surface area contributed by atoms with E-state index in [1.165, 1.54) is 9.58 Å². The van der Waals surface area contributed by atoms with Crippen LogP contribution in [0.4, 0.5) is 0 Å². The molecule has 1 aromatic carbocycles. The summed E-state index contributed by atoms with van der Waals surface area (Å²) in [6.45, 7) is 9.03. The molecule has 0 radical (unpaired) electrons. The van der Waals surface area contributed by atoms with Gasteiger partial charge in [-0.25, -0.2) is 4.68 Å². The van der Waals surface area contributed by atoms with Gasteiger partial charge in [0.1, 0.15) is 6.04 Å². The molecular weight excluding hydrogens is 452 g/mol. The monoisotopic (exact) mass is 480 g/mol. The van der Waals surface area contributed by atoms with Gasteiger partial charge in [-0.2, -0.15) is 0 Å². The van der Waals surface area contributed by atoms with E-state index < -0.39 is 23.1 Å². The lowest BCUT2D eigenvalue weighted by molar-refractivity contribution is -0.151. The number of morpholine rings is 1. The molecule has 1 unspecified atom stereocenters. The fourth-order valence-electron chi connectivity index (χ4n) is 4.86. The highest BCUT2D eigenvalue weighted by atomic mass is 16.5. The fourth-order valence-corrected chi connectivity index (χ4v) is 4.86. The number of benzene rings is 1. The van der Waals surface area contributed by atoms with Gasteiger partial charge in [0.15, 0.2) is 5.69 Å². The Balaban J connectivity index is 1.36. The summed E-state index contributed by atoms with van der Waals surface area (Å²) >= 11 is 0. The van der Waals surface area contributed by atoms with Crippen molar-refractivity contribution in [2.45, 2.75) is 64.3 Å². The lowest BCUT2D eigenvalue weighted by Gasteiger charge is -2.52. The Morgan fingerprint density at radius 3 is 2.69 bits per heavy atom. The number of ether oxygens (including phenoxy) is 1. The number of rotatable bonds is 3. The Morgan fingerprint density at radius 2 is 1.94 bits per heavy atom. The molecule has 0 spiro atoms. The summed E-state index contributed by atoms with van der Waals surface area (Å²) in [5, 5.41) is 10.6. The first-order valence-electron chi connectivity index (χ1n) is 11.7. The maximum atomic E-state index is 13.3. The van der Waals surface area contributed by atoms with Gasteiger partial charge >= 0.3 is 0 Å². The highest BCUT2D eigenvalue weighted by Crippen LogP contribution is 2.35. The molecule has 184 valence electrons. The number of aromatic nitrogens is 3. The number of imide groups is 1. The zero-order chi connectivity index (χ0) is 25.1. The molecule has 4 heterocycles. The first-order chi connectivity index (χ1) is 16.5. The molecule has 35 heavy (non-hydrogen) atoms. The molecule has 2 aromatic rings. The van der Waals surface area contributed by atoms with Crippen LogP contribution < -0.4 is 5.32 Å². The Hall–Kier alpha value is -3.60. The topological polar surface area (TPSA) is 127 Å². The second-order valence-corrected chi connectivity index (χ2v) is 10.2. The lowest BCUT2D eigenvalue weighted by atomic mass is 9.82. The molecule has 5 rings (SSSR count). The molecule has 0 aliphatic carbocycles. The maximum absolute atomic E-state index is 13.3. The number of nitrogens with zero attached hydrogens (tertiary/aromatic N) is 5. The summed E-state index contributed by atoms with van der Waals surface area (Å²) < 4.78 is 7.38. The third kappa shape index (κ3) is 3.70. The van der Waals surface area contributed by atoms with Gasteiger partial charge in [0.25, 0.3) is 11.8 Å². The van der Waals surface area contributed by atoms with Crippen LogP contribution in [0.15, 0.2) is 24.4 Å². The second kappa shape index (κ2) is 7.98. The van der Waals surface area contributed by atoms with Crippen molar-refractivity contribution in [1.29, 1.82) is 0 Å². The quantitative estimate of drug-likeness (QED) is 0.651. The Morgan fingerprint density at radius 1 is 1.17 bits per heavy atom. The van der Waals surface area contributed by atoms with Crippen molar-refractivity contribution in [2.24, 2.45) is 0 Å². The van der Waals surface area contributed by atoms with Gasteiger partial charge in [0.05, 0.1) is 29.6 Å². The van der Waals surface area contributed by atoms with Gasteiger partial charge in [-0.3, -0.25) is 24.5 Å². The Bertz CT molecular complexity index is 1250. The summed E-state index contributed by atoms with van der Waals surface area (Å²) in [6.07, 6.45) is 2.09. The molecular formula is C24H28N6O5. The van der Waals surface area contributed by atoms with Crippen LogP contribution in [-0.4, -0.2) is 78.8 Å². The van der Waals surface area contributed by atoms with Gasteiger partial charge in [-0.1, -0.05) is 5.21 Å². The molecule has 3 aliphatic heterocycles. The number of hydrogen-bond donors (Lipinski definition) is 1. The standard InChI is InChI=1S/C24H28N6O5/c1-23(2)24(3,4)35-10-9-29(23)22(34)17-13-30(27-26-17)15-5-6-16-14(11-15)12-28(21(16)33)18-7-8-19(31)25-20(18)32/h5-6,11,13,18H,7-10,12H2,1-4H3,(H,25,31,32). The predicted molar refractivity (Wildman–Crippen MR) is 123 cm³/mol. The highest BCUT2D eigenvalue weighted by molar-refractivity contribution is 6.05. The average Bonchev–Trinajstić information content (AvgIpc) is 3.40. The van der Waals surface area contributed by atoms with Gasteiger partial charge in [-0.05, 0) is 57.9 Å². The molecule has 11 heteroatoms. The van der Waals surface area contributed by atoms with Gasteiger partial charge in [0, 0.05) is 25.1 Å². The Labute approximate surface area is 202 Å². The van der Waals surface area contributed by atoms with Crippen LogP contribution in [0, 0.1) is 0 Å². The first-order valence-corrected chi connectivity index (χ1v) is 11.7. The zero-order valence-electron chi connectivity index (χ0n) is 20.2. The highest BCUT2D eigenvalue weighted by Gasteiger charge is 2.48. The lowest BCUT2D eigenvalue weighted by Crippen LogP contribution is -2.65. The van der Waals surface area contributed by atoms with Crippen LogP contribution in [0.3, 0.4) is 0 Å². The van der Waals surface area contributed by atoms with Crippen LogP contribution >= 0.6 is 0 Å². The summed E-state index contributed by atoms with van der Waals surface area (Å²) in [5.41, 5.74) is 1.06. The molecule has 2 fully saturated rings. The predicted octanol–water partition coefficient (Wildman–Crippen LogP) is 1.06. The number of piperidine rings is 1. The SMILES string of the molecule is CC1(C)OCCN(C(=O)c2cn(-c3ccc4c(c3)CN(C3CCC(=O)NC3=O)C4=O)nn2)C1(C)C. The minimum absolute atomic E-state index is 0.203. The third-order valence-electron chi connectivity index (χ3n) is 7.66. The van der Waals surface area contributed by atoms with Crippen LogP contribution in [0.1, 0.15) is 66.9 Å². The molecule has 4 amide bonds. The molecule has 1 atom stereocenters. The number of nitrogens with one attached hydrogen (secondary N) is 1. The number of fused-ring (bicyclic) bond motifs is 1. The van der Waals surface area contributed by atoms with Gasteiger partial charge in [0.2, 0.25) is 11.8 Å². The first kappa shape index (κ1) is 23.2. The summed E-state index contributed by atoms with van der Waals surface area (Å²) in [6, 6.07) is 4.56. The van der Waals surface area contributed by atoms with Crippen molar-refractivity contribution in [3.05, 3.63) is 41.2 Å². The second-order valence-electron chi connectivity index (χ2n) is 10.2. The number of carbonyl (C=O) groups excluding carboxylic acids is 4. The average molecular weight is 481 g/mol. The van der Waals surface area contributed by atoms with Crippen LogP contribution in [0.2, 0.25) is 0 Å². The minimum Gasteiger partial charge on any atom is -0.371 e. The van der Waals surface area contributed by atoms with E-state index in [0.717, 1.165) is 5.56 Å². The Kier molecular flexibility index (Phi) is 5.28. The van der Waals surface area contributed by atoms with Gasteiger partial charge < -0.3 is 14.5 Å². The van der Waals surface area contributed by atoms with Crippen molar-refractivity contribution >= 4 is 23.6 Å². The van der Waals surface area contributed by atoms with Crippen LogP contribution in [0.25, 0.3) is 5.69 Å². The summed E-state index contributed by atoms with van der Waals surface area (Å²) in [7, 11) is 0. The minimum atomic E-state index is -0.673. The van der Waals surface area contributed by atoms with E-state index in [9.17, 15) is 19.2 Å². The summed E-state index contributed by atoms with van der Waals surface area (Å²) in [5.74, 6) is -1.24. The van der Waals surface area contributed by atoms with Crippen molar-refractivity contribution in [3.8, 4) is 5.69 Å².